The smallest absolute Gasteiger partial charge is 0.301 e. The number of fused-ring (bicyclic) bond motifs is 1. The van der Waals surface area contributed by atoms with E-state index in [2.05, 4.69) is 18.1 Å². The molecule has 1 saturated heterocycles. The number of halogens is 3. The van der Waals surface area contributed by atoms with Gasteiger partial charge in [0.2, 0.25) is 0 Å². The summed E-state index contributed by atoms with van der Waals surface area (Å²) >= 11 is 0. The number of aryl methyl sites for hydroxylation is 1. The Morgan fingerprint density at radius 2 is 1.81 bits per heavy atom. The van der Waals surface area contributed by atoms with E-state index >= 15 is 0 Å². The van der Waals surface area contributed by atoms with Gasteiger partial charge in [0, 0.05) is 24.6 Å². The Bertz CT molecular complexity index is 994. The summed E-state index contributed by atoms with van der Waals surface area (Å²) in [5, 5.41) is 0. The molecule has 0 atom stereocenters. The molecule has 0 saturated carbocycles. The molecule has 170 valence electrons. The standard InChI is InChI=1S/C26H30F3N3/c1-19(2)10-11-21-8-7-9-23(14-21)31-18-25-24(26(27,28)29)15-22(17-32(25)20(31)3)16-30-12-5-4-6-13-30/h7-9,14-15,17-18H,1,3-6,10-13,16H2,2H3. The molecule has 0 aliphatic carbocycles. The number of rotatable bonds is 6. The van der Waals surface area contributed by atoms with Crippen LogP contribution in [0.1, 0.15) is 38.2 Å². The average molecular weight is 442 g/mol. The zero-order valence-corrected chi connectivity index (χ0v) is 18.6. The van der Waals surface area contributed by atoms with E-state index in [9.17, 15) is 13.2 Å². The summed E-state index contributed by atoms with van der Waals surface area (Å²) in [7, 11) is 0. The van der Waals surface area contributed by atoms with E-state index in [0.29, 0.717) is 17.9 Å². The number of allylic oxidation sites excluding steroid dienone is 2. The van der Waals surface area contributed by atoms with Crippen LogP contribution in [0.3, 0.4) is 0 Å². The van der Waals surface area contributed by atoms with Crippen molar-refractivity contribution in [2.24, 2.45) is 0 Å². The van der Waals surface area contributed by atoms with Crippen molar-refractivity contribution in [1.29, 1.82) is 0 Å². The minimum atomic E-state index is -4.44. The van der Waals surface area contributed by atoms with Gasteiger partial charge in [-0.3, -0.25) is 4.90 Å². The SMILES string of the molecule is C=C(C)CCc1cccc(N2C=C3C(C(F)(F)F)=CC(CN4CCCCC4)=CN3C2=C)c1. The Morgan fingerprint density at radius 1 is 1.06 bits per heavy atom. The zero-order chi connectivity index (χ0) is 22.9. The fraction of sp³-hybridized carbons (Fsp3) is 0.385. The van der Waals surface area contributed by atoms with Crippen LogP contribution >= 0.6 is 0 Å². The molecule has 1 aromatic rings. The van der Waals surface area contributed by atoms with E-state index in [-0.39, 0.29) is 5.70 Å². The molecule has 32 heavy (non-hydrogen) atoms. The molecule has 3 aliphatic rings. The molecule has 0 amide bonds. The van der Waals surface area contributed by atoms with Gasteiger partial charge in [0.1, 0.15) is 5.82 Å². The summed E-state index contributed by atoms with van der Waals surface area (Å²) in [5.41, 5.74) is 3.20. The molecule has 3 heterocycles. The highest BCUT2D eigenvalue weighted by molar-refractivity contribution is 5.64. The van der Waals surface area contributed by atoms with Crippen LogP contribution < -0.4 is 4.90 Å². The molecule has 1 fully saturated rings. The molecule has 0 spiro atoms. The summed E-state index contributed by atoms with van der Waals surface area (Å²) in [6.07, 6.45) is 5.33. The topological polar surface area (TPSA) is 9.72 Å². The summed E-state index contributed by atoms with van der Waals surface area (Å²) in [6, 6.07) is 7.88. The van der Waals surface area contributed by atoms with Crippen LogP contribution in [-0.2, 0) is 6.42 Å². The van der Waals surface area contributed by atoms with Gasteiger partial charge in [-0.1, -0.05) is 30.7 Å². The van der Waals surface area contributed by atoms with Gasteiger partial charge in [0.15, 0.2) is 0 Å². The van der Waals surface area contributed by atoms with Gasteiger partial charge < -0.3 is 9.80 Å². The van der Waals surface area contributed by atoms with Gasteiger partial charge in [-0.25, -0.2) is 0 Å². The number of nitrogens with zero attached hydrogens (tertiary/aromatic N) is 3. The Kier molecular flexibility index (Phi) is 6.33. The number of hydrogen-bond acceptors (Lipinski definition) is 3. The summed E-state index contributed by atoms with van der Waals surface area (Å²) in [6.45, 7) is 12.5. The molecular weight excluding hydrogens is 411 g/mol. The Balaban J connectivity index is 1.62. The van der Waals surface area contributed by atoms with E-state index in [0.717, 1.165) is 55.6 Å². The second-order valence-corrected chi connectivity index (χ2v) is 8.89. The minimum absolute atomic E-state index is 0.122. The summed E-state index contributed by atoms with van der Waals surface area (Å²) < 4.78 is 42.0. The molecule has 6 heteroatoms. The van der Waals surface area contributed by atoms with Crippen LogP contribution in [0.5, 0.6) is 0 Å². The first-order chi connectivity index (χ1) is 15.2. The molecule has 3 aliphatic heterocycles. The van der Waals surface area contributed by atoms with Crippen LogP contribution in [0.15, 0.2) is 84.1 Å². The maximum Gasteiger partial charge on any atom is 0.418 e. The van der Waals surface area contributed by atoms with Crippen molar-refractivity contribution in [1.82, 2.24) is 9.80 Å². The van der Waals surface area contributed by atoms with Gasteiger partial charge in [0.25, 0.3) is 0 Å². The van der Waals surface area contributed by atoms with E-state index in [1.165, 1.54) is 12.5 Å². The first-order valence-electron chi connectivity index (χ1n) is 11.2. The number of alkyl halides is 3. The van der Waals surface area contributed by atoms with Crippen molar-refractivity contribution < 1.29 is 13.2 Å². The molecule has 0 aromatic heterocycles. The monoisotopic (exact) mass is 441 g/mol. The highest BCUT2D eigenvalue weighted by Gasteiger charge is 2.43. The summed E-state index contributed by atoms with van der Waals surface area (Å²) in [5.74, 6) is 0.503. The number of benzene rings is 1. The molecule has 4 rings (SSSR count). The van der Waals surface area contributed by atoms with Crippen molar-refractivity contribution >= 4 is 5.69 Å². The van der Waals surface area contributed by atoms with Crippen molar-refractivity contribution in [2.45, 2.75) is 45.2 Å². The predicted octanol–water partition coefficient (Wildman–Crippen LogP) is 6.50. The highest BCUT2D eigenvalue weighted by atomic mass is 19.4. The molecule has 3 nitrogen and oxygen atoms in total. The molecule has 0 bridgehead atoms. The van der Waals surface area contributed by atoms with E-state index in [4.69, 9.17) is 0 Å². The first-order valence-corrected chi connectivity index (χ1v) is 11.2. The number of piperidine rings is 1. The third kappa shape index (κ3) is 4.85. The second kappa shape index (κ2) is 9.02. The van der Waals surface area contributed by atoms with Crippen LogP contribution in [-0.4, -0.2) is 35.6 Å². The molecule has 0 N–H and O–H groups in total. The van der Waals surface area contributed by atoms with Crippen LogP contribution in [0, 0.1) is 0 Å². The van der Waals surface area contributed by atoms with Crippen molar-refractivity contribution in [3.05, 3.63) is 89.7 Å². The lowest BCUT2D eigenvalue weighted by Gasteiger charge is -2.31. The third-order valence-electron chi connectivity index (χ3n) is 6.16. The number of likely N-dealkylation sites (tertiary alicyclic amines) is 1. The quantitative estimate of drug-likeness (QED) is 0.467. The van der Waals surface area contributed by atoms with E-state index in [1.807, 2.05) is 37.4 Å². The van der Waals surface area contributed by atoms with Crippen molar-refractivity contribution in [2.75, 3.05) is 24.5 Å². The summed E-state index contributed by atoms with van der Waals surface area (Å²) in [4.78, 5) is 5.57. The largest absolute Gasteiger partial charge is 0.418 e. The highest BCUT2D eigenvalue weighted by Crippen LogP contribution is 2.43. The van der Waals surface area contributed by atoms with Gasteiger partial charge in [-0.2, -0.15) is 13.2 Å². The molecule has 0 radical (unpaired) electrons. The lowest BCUT2D eigenvalue weighted by molar-refractivity contribution is -0.0909. The second-order valence-electron chi connectivity index (χ2n) is 8.89. The van der Waals surface area contributed by atoms with Crippen LogP contribution in [0.2, 0.25) is 0 Å². The van der Waals surface area contributed by atoms with Gasteiger partial charge >= 0.3 is 6.18 Å². The number of hydrogen-bond donors (Lipinski definition) is 0. The fourth-order valence-electron chi connectivity index (χ4n) is 4.45. The third-order valence-corrected chi connectivity index (χ3v) is 6.16. The molecule has 0 unspecified atom stereocenters. The first kappa shape index (κ1) is 22.5. The maximum atomic E-state index is 14.0. The normalized spacial score (nSPS) is 19.5. The lowest BCUT2D eigenvalue weighted by atomic mass is 10.0. The van der Waals surface area contributed by atoms with Crippen LogP contribution in [0.25, 0.3) is 0 Å². The van der Waals surface area contributed by atoms with Crippen LogP contribution in [0.4, 0.5) is 18.9 Å². The van der Waals surface area contributed by atoms with Gasteiger partial charge in [0.05, 0.1) is 11.3 Å². The molecule has 1 aromatic carbocycles. The van der Waals surface area contributed by atoms with Gasteiger partial charge in [-0.15, -0.1) is 6.58 Å². The Morgan fingerprint density at radius 3 is 2.50 bits per heavy atom. The lowest BCUT2D eigenvalue weighted by Crippen LogP contribution is -2.33. The van der Waals surface area contributed by atoms with E-state index in [1.54, 1.807) is 16.0 Å². The Hall–Kier alpha value is -2.73. The maximum absolute atomic E-state index is 14.0. The number of anilines is 1. The van der Waals surface area contributed by atoms with Gasteiger partial charge in [-0.05, 0) is 75.0 Å². The van der Waals surface area contributed by atoms with E-state index < -0.39 is 11.7 Å². The van der Waals surface area contributed by atoms with Crippen molar-refractivity contribution in [3.63, 3.8) is 0 Å². The average Bonchev–Trinajstić information content (AvgIpc) is 3.08. The minimum Gasteiger partial charge on any atom is -0.301 e. The zero-order valence-electron chi connectivity index (χ0n) is 18.6. The Labute approximate surface area is 188 Å². The fourth-order valence-corrected chi connectivity index (χ4v) is 4.45. The van der Waals surface area contributed by atoms with Crippen molar-refractivity contribution in [3.8, 4) is 0 Å². The predicted molar refractivity (Wildman–Crippen MR) is 124 cm³/mol. The molecular formula is C26H30F3N3.